The van der Waals surface area contributed by atoms with Crippen LogP contribution in [-0.2, 0) is 14.3 Å². The highest BCUT2D eigenvalue weighted by Crippen LogP contribution is 2.83. The molecule has 7 aliphatic rings. The van der Waals surface area contributed by atoms with Crippen molar-refractivity contribution in [2.75, 3.05) is 0 Å². The van der Waals surface area contributed by atoms with Gasteiger partial charge in [-0.15, -0.1) is 0 Å². The van der Waals surface area contributed by atoms with Crippen LogP contribution in [0.5, 0.6) is 0 Å². The van der Waals surface area contributed by atoms with E-state index in [1.54, 1.807) is 0 Å². The summed E-state index contributed by atoms with van der Waals surface area (Å²) < 4.78 is 6.20. The lowest BCUT2D eigenvalue weighted by molar-refractivity contribution is -0.223. The summed E-state index contributed by atoms with van der Waals surface area (Å²) in [5, 5.41) is 11.8. The number of rotatable bonds is 0. The Morgan fingerprint density at radius 1 is 0.929 bits per heavy atom. The maximum atomic E-state index is 12.3. The van der Waals surface area contributed by atoms with Crippen LogP contribution in [0, 0.1) is 52.3 Å². The maximum Gasteiger partial charge on any atom is 0.306 e. The summed E-state index contributed by atoms with van der Waals surface area (Å²) in [6.45, 7) is 4.77. The Kier molecular flexibility index (Phi) is 2.74. The van der Waals surface area contributed by atoms with Crippen molar-refractivity contribution in [2.24, 2.45) is 52.3 Å². The van der Waals surface area contributed by atoms with Crippen LogP contribution in [0.4, 0.5) is 0 Å². The van der Waals surface area contributed by atoms with Crippen molar-refractivity contribution in [1.29, 1.82) is 0 Å². The number of fused-ring (bicyclic) bond motifs is 12. The molecule has 7 fully saturated rings. The molecule has 0 bridgehead atoms. The monoisotopic (exact) mass is 384 g/mol. The smallest absolute Gasteiger partial charge is 0.306 e. The van der Waals surface area contributed by atoms with Crippen molar-refractivity contribution in [3.63, 3.8) is 0 Å². The fraction of sp³-hybridized carbons (Fsp3) is 0.917. The second-order valence-electron chi connectivity index (χ2n) is 12.1. The van der Waals surface area contributed by atoms with Crippen molar-refractivity contribution < 1.29 is 19.4 Å². The Bertz CT molecular complexity index is 821. The topological polar surface area (TPSA) is 63.6 Å². The Morgan fingerprint density at radius 2 is 1.71 bits per heavy atom. The third-order valence-corrected chi connectivity index (χ3v) is 11.6. The van der Waals surface area contributed by atoms with E-state index in [1.165, 1.54) is 6.42 Å². The molecule has 1 aliphatic heterocycles. The van der Waals surface area contributed by atoms with E-state index >= 15 is 0 Å². The number of hydrogen-bond acceptors (Lipinski definition) is 4. The van der Waals surface area contributed by atoms with Crippen LogP contribution in [0.3, 0.4) is 0 Å². The molecule has 6 aliphatic carbocycles. The van der Waals surface area contributed by atoms with Gasteiger partial charge in [-0.3, -0.25) is 9.59 Å². The molecule has 1 N–H and O–H groups in total. The SMILES string of the molecule is CC12CCC(=O)CC1(O)[C@@H]1C[C@@H]1C1C2CCC2(C)C1[C@@H]1C[C@@H]1C21CCC(=O)O1. The largest absolute Gasteiger partial charge is 0.458 e. The first-order valence-corrected chi connectivity index (χ1v) is 11.7. The van der Waals surface area contributed by atoms with E-state index < -0.39 is 5.60 Å². The summed E-state index contributed by atoms with van der Waals surface area (Å²) in [7, 11) is 0. The van der Waals surface area contributed by atoms with E-state index in [2.05, 4.69) is 13.8 Å². The summed E-state index contributed by atoms with van der Waals surface area (Å²) in [5.74, 6) is 4.36. The van der Waals surface area contributed by atoms with Crippen molar-refractivity contribution in [1.82, 2.24) is 0 Å². The third kappa shape index (κ3) is 1.55. The van der Waals surface area contributed by atoms with Crippen molar-refractivity contribution >= 4 is 11.8 Å². The second-order valence-corrected chi connectivity index (χ2v) is 12.1. The number of hydrogen-bond donors (Lipinski definition) is 1. The lowest BCUT2D eigenvalue weighted by Crippen LogP contribution is -2.65. The molecule has 4 nitrogen and oxygen atoms in total. The summed E-state index contributed by atoms with van der Waals surface area (Å²) in [6.07, 6.45) is 8.04. The summed E-state index contributed by atoms with van der Waals surface area (Å²) in [5.41, 5.74) is -0.943. The lowest BCUT2D eigenvalue weighted by atomic mass is 9.42. The minimum Gasteiger partial charge on any atom is -0.458 e. The zero-order valence-electron chi connectivity index (χ0n) is 17.1. The van der Waals surface area contributed by atoms with Crippen LogP contribution in [0.25, 0.3) is 0 Å². The highest BCUT2D eigenvalue weighted by Gasteiger charge is 2.83. The van der Waals surface area contributed by atoms with Gasteiger partial charge in [0.05, 0.1) is 5.60 Å². The van der Waals surface area contributed by atoms with Crippen LogP contribution in [0.2, 0.25) is 0 Å². The van der Waals surface area contributed by atoms with Crippen LogP contribution in [0.1, 0.15) is 71.6 Å². The molecule has 0 aromatic rings. The van der Waals surface area contributed by atoms with Gasteiger partial charge in [0, 0.05) is 36.0 Å². The molecule has 152 valence electrons. The normalized spacial score (nSPS) is 65.8. The Hall–Kier alpha value is -0.900. The predicted octanol–water partition coefficient (Wildman–Crippen LogP) is 3.50. The van der Waals surface area contributed by atoms with Crippen LogP contribution >= 0.6 is 0 Å². The molecular weight excluding hydrogens is 352 g/mol. The van der Waals surface area contributed by atoms with E-state index in [4.69, 9.17) is 4.74 Å². The van der Waals surface area contributed by atoms with Gasteiger partial charge in [-0.05, 0) is 74.0 Å². The molecule has 0 aromatic carbocycles. The zero-order chi connectivity index (χ0) is 19.3. The zero-order valence-corrected chi connectivity index (χ0v) is 17.1. The summed E-state index contributed by atoms with van der Waals surface area (Å²) >= 11 is 0. The molecule has 0 aromatic heterocycles. The maximum absolute atomic E-state index is 12.3. The van der Waals surface area contributed by atoms with Gasteiger partial charge in [-0.25, -0.2) is 0 Å². The fourth-order valence-electron chi connectivity index (χ4n) is 10.3. The molecule has 28 heavy (non-hydrogen) atoms. The molecule has 7 rings (SSSR count). The van der Waals surface area contributed by atoms with E-state index in [1.807, 2.05) is 0 Å². The fourth-order valence-corrected chi connectivity index (χ4v) is 10.3. The predicted molar refractivity (Wildman–Crippen MR) is 101 cm³/mol. The number of aliphatic hydroxyl groups is 1. The molecule has 1 spiro atoms. The van der Waals surface area contributed by atoms with Gasteiger partial charge in [0.1, 0.15) is 11.4 Å². The van der Waals surface area contributed by atoms with Crippen molar-refractivity contribution in [3.05, 3.63) is 0 Å². The molecule has 6 saturated carbocycles. The minimum absolute atomic E-state index is 0.0229. The van der Waals surface area contributed by atoms with Gasteiger partial charge >= 0.3 is 5.97 Å². The van der Waals surface area contributed by atoms with Crippen LogP contribution in [-0.4, -0.2) is 28.1 Å². The standard InChI is InChI=1S/C24H32O4/c1-21-6-3-12(25)11-23(21,27)16-9-13(16)19-15(21)4-7-22(2)20(19)14-10-17(14)24(22)8-5-18(26)28-24/h13-17,19-20,27H,3-11H2,1-2H3/t13-,14+,15?,16+,17-,19?,20?,21?,22?,23?,24?/m0/s1. The van der Waals surface area contributed by atoms with Gasteiger partial charge in [0.2, 0.25) is 0 Å². The Balaban J connectivity index is 1.32. The molecule has 11 atom stereocenters. The molecular formula is C24H32O4. The number of carbonyl (C=O) groups excluding carboxylic acids is 2. The number of ketones is 1. The van der Waals surface area contributed by atoms with Gasteiger partial charge < -0.3 is 9.84 Å². The molecule has 0 amide bonds. The number of Topliss-reactive ketones (excluding diaryl/α,β-unsaturated/α-hetero) is 1. The van der Waals surface area contributed by atoms with Crippen LogP contribution < -0.4 is 0 Å². The van der Waals surface area contributed by atoms with E-state index in [9.17, 15) is 14.7 Å². The highest BCUT2D eigenvalue weighted by atomic mass is 16.6. The summed E-state index contributed by atoms with van der Waals surface area (Å²) in [6, 6.07) is 0. The van der Waals surface area contributed by atoms with Crippen LogP contribution in [0.15, 0.2) is 0 Å². The Labute approximate surface area is 166 Å². The van der Waals surface area contributed by atoms with Gasteiger partial charge in [0.25, 0.3) is 0 Å². The first kappa shape index (κ1) is 16.8. The first-order valence-electron chi connectivity index (χ1n) is 11.7. The highest BCUT2D eigenvalue weighted by molar-refractivity contribution is 5.81. The van der Waals surface area contributed by atoms with E-state index in [0.717, 1.165) is 38.0 Å². The average Bonchev–Trinajstić information content (AvgIpc) is 3.54. The van der Waals surface area contributed by atoms with Gasteiger partial charge in [-0.2, -0.15) is 0 Å². The second kappa shape index (κ2) is 4.55. The quantitative estimate of drug-likeness (QED) is 0.649. The molecule has 1 heterocycles. The van der Waals surface area contributed by atoms with E-state index in [-0.39, 0.29) is 28.2 Å². The summed E-state index contributed by atoms with van der Waals surface area (Å²) in [4.78, 5) is 24.4. The van der Waals surface area contributed by atoms with E-state index in [0.29, 0.717) is 54.8 Å². The van der Waals surface area contributed by atoms with Gasteiger partial charge in [0.15, 0.2) is 0 Å². The molecule has 4 heteroatoms. The molecule has 7 unspecified atom stereocenters. The van der Waals surface area contributed by atoms with Crippen molar-refractivity contribution in [3.8, 4) is 0 Å². The first-order chi connectivity index (χ1) is 13.3. The number of carbonyl (C=O) groups is 2. The lowest BCUT2D eigenvalue weighted by Gasteiger charge is -2.64. The minimum atomic E-state index is -0.763. The average molecular weight is 385 g/mol. The Morgan fingerprint density at radius 3 is 2.46 bits per heavy atom. The van der Waals surface area contributed by atoms with Gasteiger partial charge in [-0.1, -0.05) is 13.8 Å². The number of ether oxygens (including phenoxy) is 1. The molecule has 0 radical (unpaired) electrons. The number of esters is 1. The van der Waals surface area contributed by atoms with Crippen molar-refractivity contribution in [2.45, 2.75) is 82.8 Å². The third-order valence-electron chi connectivity index (χ3n) is 11.6. The molecule has 1 saturated heterocycles.